The van der Waals surface area contributed by atoms with Gasteiger partial charge in [0.1, 0.15) is 5.75 Å². The van der Waals surface area contributed by atoms with Gasteiger partial charge in [0, 0.05) is 32.7 Å². The van der Waals surface area contributed by atoms with Crippen molar-refractivity contribution in [3.05, 3.63) is 29.8 Å². The van der Waals surface area contributed by atoms with Crippen molar-refractivity contribution in [3.63, 3.8) is 0 Å². The first-order valence-electron chi connectivity index (χ1n) is 6.38. The maximum absolute atomic E-state index is 12.2. The number of hydrogen-bond acceptors (Lipinski definition) is 3. The van der Waals surface area contributed by atoms with Crippen molar-refractivity contribution in [2.24, 2.45) is 0 Å². The van der Waals surface area contributed by atoms with Gasteiger partial charge in [0.15, 0.2) is 0 Å². The van der Waals surface area contributed by atoms with Crippen LogP contribution in [-0.2, 0) is 6.54 Å². The molecule has 1 aliphatic heterocycles. The third-order valence-electron chi connectivity index (χ3n) is 3.18. The lowest BCUT2D eigenvalue weighted by atomic mass is 10.2. The van der Waals surface area contributed by atoms with Gasteiger partial charge in [-0.25, -0.2) is 4.79 Å². The molecule has 8 heteroatoms. The van der Waals surface area contributed by atoms with Crippen LogP contribution >= 0.6 is 0 Å². The van der Waals surface area contributed by atoms with Crippen LogP contribution in [0.5, 0.6) is 5.75 Å². The number of benzene rings is 1. The number of halogens is 3. The van der Waals surface area contributed by atoms with Gasteiger partial charge in [-0.3, -0.25) is 4.90 Å². The van der Waals surface area contributed by atoms with Crippen molar-refractivity contribution in [2.75, 3.05) is 26.2 Å². The Hall–Kier alpha value is -1.96. The van der Waals surface area contributed by atoms with Crippen LogP contribution in [-0.4, -0.2) is 53.5 Å². The normalized spacial score (nSPS) is 16.8. The molecule has 1 aromatic carbocycles. The quantitative estimate of drug-likeness (QED) is 0.931. The number of amides is 1. The zero-order chi connectivity index (χ0) is 15.5. The van der Waals surface area contributed by atoms with Crippen LogP contribution in [0.15, 0.2) is 24.3 Å². The molecule has 1 N–H and O–H groups in total. The molecule has 21 heavy (non-hydrogen) atoms. The van der Waals surface area contributed by atoms with Crippen LogP contribution in [0.4, 0.5) is 18.0 Å². The van der Waals surface area contributed by atoms with Crippen LogP contribution in [0, 0.1) is 0 Å². The molecule has 0 spiro atoms. The zero-order valence-electron chi connectivity index (χ0n) is 11.1. The van der Waals surface area contributed by atoms with Gasteiger partial charge in [-0.2, -0.15) is 0 Å². The first kappa shape index (κ1) is 15.4. The second-order valence-corrected chi connectivity index (χ2v) is 4.74. The molecule has 1 fully saturated rings. The summed E-state index contributed by atoms with van der Waals surface area (Å²) in [7, 11) is 0. The number of alkyl halides is 3. The average Bonchev–Trinajstić information content (AvgIpc) is 2.37. The number of hydrogen-bond donors (Lipinski definition) is 1. The predicted octanol–water partition coefficient (Wildman–Crippen LogP) is 2.38. The highest BCUT2D eigenvalue weighted by atomic mass is 19.4. The molecule has 0 saturated carbocycles. The number of carboxylic acid groups (broad SMARTS) is 1. The minimum atomic E-state index is -4.70. The molecule has 0 radical (unpaired) electrons. The largest absolute Gasteiger partial charge is 0.573 e. The van der Waals surface area contributed by atoms with E-state index in [0.717, 1.165) is 0 Å². The maximum atomic E-state index is 12.2. The van der Waals surface area contributed by atoms with E-state index in [2.05, 4.69) is 4.74 Å². The molecular formula is C13H15F3N2O3. The van der Waals surface area contributed by atoms with Crippen LogP contribution < -0.4 is 4.74 Å². The molecule has 1 heterocycles. The average molecular weight is 304 g/mol. The molecule has 1 aliphatic rings. The Kier molecular flexibility index (Phi) is 4.56. The number of rotatable bonds is 3. The second kappa shape index (κ2) is 6.21. The summed E-state index contributed by atoms with van der Waals surface area (Å²) in [6, 6.07) is 5.81. The van der Waals surface area contributed by atoms with E-state index in [4.69, 9.17) is 5.11 Å². The lowest BCUT2D eigenvalue weighted by Gasteiger charge is -2.33. The SMILES string of the molecule is O=C(O)N1CCN(Cc2cccc(OC(F)(F)F)c2)CC1. The number of nitrogens with zero attached hydrogens (tertiary/aromatic N) is 2. The lowest BCUT2D eigenvalue weighted by molar-refractivity contribution is -0.274. The maximum Gasteiger partial charge on any atom is 0.573 e. The van der Waals surface area contributed by atoms with E-state index < -0.39 is 12.5 Å². The summed E-state index contributed by atoms with van der Waals surface area (Å²) < 4.78 is 40.3. The van der Waals surface area contributed by atoms with Gasteiger partial charge in [0.05, 0.1) is 0 Å². The van der Waals surface area contributed by atoms with Crippen molar-refractivity contribution in [3.8, 4) is 5.75 Å². The first-order valence-corrected chi connectivity index (χ1v) is 6.38. The third kappa shape index (κ3) is 4.82. The number of carbonyl (C=O) groups is 1. The topological polar surface area (TPSA) is 53.0 Å². The smallest absolute Gasteiger partial charge is 0.465 e. The Morgan fingerprint density at radius 1 is 1.24 bits per heavy atom. The van der Waals surface area contributed by atoms with Gasteiger partial charge >= 0.3 is 12.5 Å². The molecule has 116 valence electrons. The van der Waals surface area contributed by atoms with Crippen LogP contribution in [0.25, 0.3) is 0 Å². The lowest BCUT2D eigenvalue weighted by Crippen LogP contribution is -2.47. The predicted molar refractivity (Wildman–Crippen MR) is 68.0 cm³/mol. The highest BCUT2D eigenvalue weighted by Gasteiger charge is 2.31. The van der Waals surface area contributed by atoms with Gasteiger partial charge in [-0.05, 0) is 17.7 Å². The molecule has 1 saturated heterocycles. The van der Waals surface area contributed by atoms with Crippen molar-refractivity contribution in [2.45, 2.75) is 12.9 Å². The summed E-state index contributed by atoms with van der Waals surface area (Å²) >= 11 is 0. The Labute approximate surface area is 119 Å². The van der Waals surface area contributed by atoms with E-state index in [1.54, 1.807) is 6.07 Å². The van der Waals surface area contributed by atoms with Crippen LogP contribution in [0.1, 0.15) is 5.56 Å². The zero-order valence-corrected chi connectivity index (χ0v) is 11.1. The standard InChI is InChI=1S/C13H15F3N2O3/c14-13(15,16)21-11-3-1-2-10(8-11)9-17-4-6-18(7-5-17)12(19)20/h1-3,8H,4-7,9H2,(H,19,20). The minimum absolute atomic E-state index is 0.246. The minimum Gasteiger partial charge on any atom is -0.465 e. The number of ether oxygens (including phenoxy) is 1. The molecule has 0 aromatic heterocycles. The van der Waals surface area contributed by atoms with Crippen molar-refractivity contribution in [1.82, 2.24) is 9.80 Å². The fourth-order valence-electron chi connectivity index (χ4n) is 2.20. The number of piperazine rings is 1. The van der Waals surface area contributed by atoms with Gasteiger partial charge in [0.2, 0.25) is 0 Å². The molecule has 1 aromatic rings. The molecule has 5 nitrogen and oxygen atoms in total. The van der Waals surface area contributed by atoms with E-state index in [0.29, 0.717) is 38.3 Å². The molecular weight excluding hydrogens is 289 g/mol. The summed E-state index contributed by atoms with van der Waals surface area (Å²) in [5, 5.41) is 8.84. The summed E-state index contributed by atoms with van der Waals surface area (Å²) in [6.45, 7) is 2.36. The van der Waals surface area contributed by atoms with Gasteiger partial charge < -0.3 is 14.7 Å². The summed E-state index contributed by atoms with van der Waals surface area (Å²) in [6.07, 6.45) is -5.65. The monoisotopic (exact) mass is 304 g/mol. The van der Waals surface area contributed by atoms with Gasteiger partial charge in [-0.15, -0.1) is 13.2 Å². The third-order valence-corrected chi connectivity index (χ3v) is 3.18. The van der Waals surface area contributed by atoms with E-state index in [9.17, 15) is 18.0 Å². The van der Waals surface area contributed by atoms with Gasteiger partial charge in [-0.1, -0.05) is 12.1 Å². The van der Waals surface area contributed by atoms with E-state index in [1.807, 2.05) is 4.90 Å². The highest BCUT2D eigenvalue weighted by Crippen LogP contribution is 2.23. The highest BCUT2D eigenvalue weighted by molar-refractivity contribution is 5.65. The summed E-state index contributed by atoms with van der Waals surface area (Å²) in [4.78, 5) is 14.1. The Morgan fingerprint density at radius 3 is 2.48 bits per heavy atom. The van der Waals surface area contributed by atoms with E-state index in [-0.39, 0.29) is 5.75 Å². The fraction of sp³-hybridized carbons (Fsp3) is 0.462. The summed E-state index contributed by atoms with van der Waals surface area (Å²) in [5.74, 6) is -0.246. The fourth-order valence-corrected chi connectivity index (χ4v) is 2.20. The molecule has 0 bridgehead atoms. The van der Waals surface area contributed by atoms with Gasteiger partial charge in [0.25, 0.3) is 0 Å². The Morgan fingerprint density at radius 2 is 1.90 bits per heavy atom. The molecule has 0 unspecified atom stereocenters. The van der Waals surface area contributed by atoms with Crippen LogP contribution in [0.2, 0.25) is 0 Å². The first-order chi connectivity index (χ1) is 9.83. The molecule has 0 aliphatic carbocycles. The Bertz CT molecular complexity index is 500. The van der Waals surface area contributed by atoms with Crippen molar-refractivity contribution in [1.29, 1.82) is 0 Å². The summed E-state index contributed by atoms with van der Waals surface area (Å²) in [5.41, 5.74) is 0.695. The van der Waals surface area contributed by atoms with E-state index >= 15 is 0 Å². The molecule has 2 rings (SSSR count). The van der Waals surface area contributed by atoms with Crippen molar-refractivity contribution >= 4 is 6.09 Å². The Balaban J connectivity index is 1.92. The molecule has 0 atom stereocenters. The second-order valence-electron chi connectivity index (χ2n) is 4.74. The van der Waals surface area contributed by atoms with Crippen LogP contribution in [0.3, 0.4) is 0 Å². The van der Waals surface area contributed by atoms with Crippen molar-refractivity contribution < 1.29 is 27.8 Å². The molecule has 1 amide bonds. The van der Waals surface area contributed by atoms with E-state index in [1.165, 1.54) is 23.1 Å².